The molecule has 2 aromatic rings. The van der Waals surface area contributed by atoms with Crippen LogP contribution >= 0.6 is 0 Å². The van der Waals surface area contributed by atoms with Gasteiger partial charge in [0, 0.05) is 23.7 Å². The van der Waals surface area contributed by atoms with Crippen molar-refractivity contribution in [3.63, 3.8) is 0 Å². The van der Waals surface area contributed by atoms with Crippen LogP contribution in [0.1, 0.15) is 44.9 Å². The van der Waals surface area contributed by atoms with Crippen molar-refractivity contribution in [3.8, 4) is 0 Å². The van der Waals surface area contributed by atoms with Gasteiger partial charge in [-0.3, -0.25) is 0 Å². The summed E-state index contributed by atoms with van der Waals surface area (Å²) >= 11 is 0. The van der Waals surface area contributed by atoms with Crippen molar-refractivity contribution in [1.29, 1.82) is 0 Å². The molecule has 0 amide bonds. The second kappa shape index (κ2) is 4.85. The summed E-state index contributed by atoms with van der Waals surface area (Å²) in [6.45, 7) is 4.17. The van der Waals surface area contributed by atoms with Crippen LogP contribution in [0.2, 0.25) is 0 Å². The maximum absolute atomic E-state index is 5.94. The molecule has 1 heterocycles. The summed E-state index contributed by atoms with van der Waals surface area (Å²) in [5, 5.41) is 3.54. The highest BCUT2D eigenvalue weighted by Gasteiger charge is 2.21. The predicted octanol–water partition coefficient (Wildman–Crippen LogP) is 3.24. The molecular formula is C15H21N3O. The van der Waals surface area contributed by atoms with E-state index >= 15 is 0 Å². The van der Waals surface area contributed by atoms with Crippen LogP contribution in [0, 0.1) is 0 Å². The number of fused-ring (bicyclic) bond motifs is 1. The van der Waals surface area contributed by atoms with E-state index in [4.69, 9.17) is 10.2 Å². The first-order chi connectivity index (χ1) is 9.11. The van der Waals surface area contributed by atoms with Crippen molar-refractivity contribution in [2.24, 2.45) is 5.73 Å². The molecule has 3 rings (SSSR count). The van der Waals surface area contributed by atoms with Crippen molar-refractivity contribution in [2.75, 3.05) is 5.32 Å². The lowest BCUT2D eigenvalue weighted by atomic mass is 10.2. The lowest BCUT2D eigenvalue weighted by molar-refractivity contribution is 0.501. The molecule has 19 heavy (non-hydrogen) atoms. The molecule has 0 bridgehead atoms. The smallest absolute Gasteiger partial charge is 0.198 e. The quantitative estimate of drug-likeness (QED) is 0.888. The van der Waals surface area contributed by atoms with Crippen molar-refractivity contribution in [1.82, 2.24) is 4.98 Å². The number of rotatable bonds is 3. The molecule has 0 spiro atoms. The number of benzene rings is 1. The molecule has 1 aromatic carbocycles. The fourth-order valence-electron chi connectivity index (χ4n) is 2.67. The Morgan fingerprint density at radius 1 is 1.37 bits per heavy atom. The number of hydrogen-bond donors (Lipinski definition) is 2. The Balaban J connectivity index is 1.81. The highest BCUT2D eigenvalue weighted by Crippen LogP contribution is 2.26. The number of nitrogens with one attached hydrogen (secondary N) is 1. The molecule has 1 saturated carbocycles. The van der Waals surface area contributed by atoms with E-state index in [2.05, 4.69) is 36.3 Å². The molecule has 1 aromatic heterocycles. The zero-order valence-corrected chi connectivity index (χ0v) is 11.5. The van der Waals surface area contributed by atoms with Gasteiger partial charge in [0.05, 0.1) is 0 Å². The third-order valence-corrected chi connectivity index (χ3v) is 3.74. The number of oxazole rings is 1. The third kappa shape index (κ3) is 2.59. The highest BCUT2D eigenvalue weighted by molar-refractivity contribution is 5.77. The van der Waals surface area contributed by atoms with E-state index in [0.29, 0.717) is 18.0 Å². The molecule has 4 nitrogen and oxygen atoms in total. The van der Waals surface area contributed by atoms with Gasteiger partial charge in [0.25, 0.3) is 0 Å². The molecule has 4 heteroatoms. The minimum Gasteiger partial charge on any atom is -0.440 e. The fourth-order valence-corrected chi connectivity index (χ4v) is 2.67. The van der Waals surface area contributed by atoms with E-state index < -0.39 is 0 Å². The topological polar surface area (TPSA) is 64.1 Å². The molecule has 2 atom stereocenters. The number of hydrogen-bond acceptors (Lipinski definition) is 4. The monoisotopic (exact) mass is 259 g/mol. The largest absolute Gasteiger partial charge is 0.440 e. The number of anilines is 1. The molecule has 0 radical (unpaired) electrons. The summed E-state index contributed by atoms with van der Waals surface area (Å²) in [5.41, 5.74) is 8.83. The van der Waals surface area contributed by atoms with E-state index in [9.17, 15) is 0 Å². The summed E-state index contributed by atoms with van der Waals surface area (Å²) in [5.74, 6) is 1.12. The second-order valence-electron chi connectivity index (χ2n) is 5.80. The summed E-state index contributed by atoms with van der Waals surface area (Å²) in [6.07, 6.45) is 3.31. The lowest BCUT2D eigenvalue weighted by Gasteiger charge is -2.13. The van der Waals surface area contributed by atoms with Crippen molar-refractivity contribution in [3.05, 3.63) is 24.1 Å². The molecule has 0 saturated heterocycles. The maximum atomic E-state index is 5.94. The second-order valence-corrected chi connectivity index (χ2v) is 5.80. The Kier molecular flexibility index (Phi) is 3.19. The van der Waals surface area contributed by atoms with E-state index in [-0.39, 0.29) is 0 Å². The van der Waals surface area contributed by atoms with Gasteiger partial charge in [-0.15, -0.1) is 0 Å². The minimum atomic E-state index is 0.316. The van der Waals surface area contributed by atoms with Crippen molar-refractivity contribution >= 4 is 16.8 Å². The van der Waals surface area contributed by atoms with Crippen molar-refractivity contribution in [2.45, 2.75) is 51.1 Å². The van der Waals surface area contributed by atoms with Gasteiger partial charge in [0.1, 0.15) is 5.52 Å². The van der Waals surface area contributed by atoms with Gasteiger partial charge in [-0.1, -0.05) is 13.8 Å². The number of nitrogens with zero attached hydrogens (tertiary/aromatic N) is 1. The van der Waals surface area contributed by atoms with Gasteiger partial charge >= 0.3 is 0 Å². The Morgan fingerprint density at radius 3 is 2.89 bits per heavy atom. The number of aromatic nitrogens is 1. The highest BCUT2D eigenvalue weighted by atomic mass is 16.3. The van der Waals surface area contributed by atoms with Gasteiger partial charge in [-0.25, -0.2) is 4.98 Å². The summed E-state index contributed by atoms with van der Waals surface area (Å²) in [4.78, 5) is 4.53. The minimum absolute atomic E-state index is 0.316. The van der Waals surface area contributed by atoms with E-state index in [0.717, 1.165) is 41.9 Å². The molecule has 1 fully saturated rings. The number of nitrogens with two attached hydrogens (primary N) is 1. The Labute approximate surface area is 113 Å². The molecule has 1 aliphatic carbocycles. The Morgan fingerprint density at radius 2 is 2.21 bits per heavy atom. The maximum Gasteiger partial charge on any atom is 0.198 e. The Bertz CT molecular complexity index is 576. The van der Waals surface area contributed by atoms with E-state index in [1.165, 1.54) is 0 Å². The van der Waals surface area contributed by atoms with Crippen molar-refractivity contribution < 1.29 is 4.42 Å². The molecule has 102 valence electrons. The third-order valence-electron chi connectivity index (χ3n) is 3.74. The van der Waals surface area contributed by atoms with Crippen LogP contribution in [0.25, 0.3) is 11.1 Å². The van der Waals surface area contributed by atoms with Crippen LogP contribution < -0.4 is 11.1 Å². The zero-order chi connectivity index (χ0) is 13.4. The predicted molar refractivity (Wildman–Crippen MR) is 77.3 cm³/mol. The lowest BCUT2D eigenvalue weighted by Crippen LogP contribution is -2.20. The molecule has 1 aliphatic rings. The first kappa shape index (κ1) is 12.5. The standard InChI is InChI=1S/C15H21N3O/c1-9(2)15-18-13-8-12(5-6-14(13)19-15)17-11-4-3-10(16)7-11/h5-6,8-11,17H,3-4,7,16H2,1-2H3. The first-order valence-corrected chi connectivity index (χ1v) is 7.04. The van der Waals surface area contributed by atoms with Crippen LogP contribution in [-0.2, 0) is 0 Å². The van der Waals surface area contributed by atoms with Gasteiger partial charge in [0.15, 0.2) is 11.5 Å². The SMILES string of the molecule is CC(C)c1nc2cc(NC3CCC(N)C3)ccc2o1. The van der Waals surface area contributed by atoms with Gasteiger partial charge in [0.2, 0.25) is 0 Å². The molecular weight excluding hydrogens is 238 g/mol. The van der Waals surface area contributed by atoms with Crippen LogP contribution in [0.3, 0.4) is 0 Å². The van der Waals surface area contributed by atoms with Crippen LogP contribution in [0.5, 0.6) is 0 Å². The fraction of sp³-hybridized carbons (Fsp3) is 0.533. The van der Waals surface area contributed by atoms with Crippen LogP contribution in [0.4, 0.5) is 5.69 Å². The Hall–Kier alpha value is -1.55. The molecule has 0 aliphatic heterocycles. The molecule has 2 unspecified atom stereocenters. The van der Waals surface area contributed by atoms with Crippen LogP contribution in [0.15, 0.2) is 22.6 Å². The summed E-state index contributed by atoms with van der Waals surface area (Å²) < 4.78 is 5.71. The zero-order valence-electron chi connectivity index (χ0n) is 11.5. The summed E-state index contributed by atoms with van der Waals surface area (Å²) in [6, 6.07) is 6.95. The van der Waals surface area contributed by atoms with E-state index in [1.807, 2.05) is 6.07 Å². The molecule has 3 N–H and O–H groups in total. The van der Waals surface area contributed by atoms with Gasteiger partial charge in [-0.05, 0) is 37.5 Å². The van der Waals surface area contributed by atoms with Crippen LogP contribution in [-0.4, -0.2) is 17.1 Å². The van der Waals surface area contributed by atoms with Gasteiger partial charge < -0.3 is 15.5 Å². The normalized spacial score (nSPS) is 23.4. The average molecular weight is 259 g/mol. The van der Waals surface area contributed by atoms with E-state index in [1.54, 1.807) is 0 Å². The average Bonchev–Trinajstić information content (AvgIpc) is 2.95. The van der Waals surface area contributed by atoms with Gasteiger partial charge in [-0.2, -0.15) is 0 Å². The first-order valence-electron chi connectivity index (χ1n) is 7.04. The summed E-state index contributed by atoms with van der Waals surface area (Å²) in [7, 11) is 0.